The minimum Gasteiger partial charge on any atom is -0.493 e. The zero-order chi connectivity index (χ0) is 26.8. The Balaban J connectivity index is 1.81. The quantitative estimate of drug-likeness (QED) is 0.278. The summed E-state index contributed by atoms with van der Waals surface area (Å²) in [5.74, 6) is 1.45. The van der Waals surface area contributed by atoms with Gasteiger partial charge in [-0.05, 0) is 60.5 Å². The van der Waals surface area contributed by atoms with Gasteiger partial charge >= 0.3 is 0 Å². The van der Waals surface area contributed by atoms with Crippen molar-refractivity contribution >= 4 is 31.9 Å². The predicted molar refractivity (Wildman–Crippen MR) is 142 cm³/mol. The molecule has 0 atom stereocenters. The molecule has 0 bridgehead atoms. The number of sulfonamides is 1. The van der Waals surface area contributed by atoms with Gasteiger partial charge < -0.3 is 23.5 Å². The Hall–Kier alpha value is -2.86. The van der Waals surface area contributed by atoms with Gasteiger partial charge in [-0.15, -0.1) is 0 Å². The number of methoxy groups -OCH3 is 3. The number of ether oxygens (including phenoxy) is 3. The zero-order valence-corrected chi connectivity index (χ0v) is 23.5. The van der Waals surface area contributed by atoms with Crippen LogP contribution < -0.4 is 9.47 Å². The van der Waals surface area contributed by atoms with Gasteiger partial charge in [-0.1, -0.05) is 22.0 Å². The summed E-state index contributed by atoms with van der Waals surface area (Å²) < 4.78 is 49.9. The maximum atomic E-state index is 13.5. The lowest BCUT2D eigenvalue weighted by molar-refractivity contribution is -0.132. The first-order valence-corrected chi connectivity index (χ1v) is 13.8. The molecule has 0 unspecified atom stereocenters. The summed E-state index contributed by atoms with van der Waals surface area (Å²) in [7, 11) is 0.684. The fraction of sp³-hybridized carbons (Fsp3) is 0.346. The Morgan fingerprint density at radius 2 is 1.70 bits per heavy atom. The van der Waals surface area contributed by atoms with E-state index in [-0.39, 0.29) is 37.0 Å². The zero-order valence-electron chi connectivity index (χ0n) is 21.1. The lowest BCUT2D eigenvalue weighted by atomic mass is 10.1. The van der Waals surface area contributed by atoms with E-state index in [1.54, 1.807) is 43.4 Å². The molecule has 0 N–H and O–H groups in total. The highest BCUT2D eigenvalue weighted by Crippen LogP contribution is 2.28. The lowest BCUT2D eigenvalue weighted by Crippen LogP contribution is -2.44. The molecule has 0 radical (unpaired) electrons. The maximum Gasteiger partial charge on any atom is 0.243 e. The van der Waals surface area contributed by atoms with E-state index in [4.69, 9.17) is 18.6 Å². The highest BCUT2D eigenvalue weighted by atomic mass is 79.9. The number of carbonyl (C=O) groups excluding carboxylic acids is 1. The molecule has 0 spiro atoms. The van der Waals surface area contributed by atoms with Crippen LogP contribution in [0.25, 0.3) is 0 Å². The van der Waals surface area contributed by atoms with Crippen LogP contribution in [0.4, 0.5) is 0 Å². The van der Waals surface area contributed by atoms with Crippen molar-refractivity contribution in [3.8, 4) is 11.5 Å². The first kappa shape index (κ1) is 28.7. The summed E-state index contributed by atoms with van der Waals surface area (Å²) in [6, 6.07) is 15.4. The number of rotatable bonds is 14. The number of halogens is 1. The molecule has 2 aromatic carbocycles. The smallest absolute Gasteiger partial charge is 0.243 e. The Kier molecular flexibility index (Phi) is 10.6. The summed E-state index contributed by atoms with van der Waals surface area (Å²) in [5, 5.41) is 0. The van der Waals surface area contributed by atoms with E-state index in [0.29, 0.717) is 30.2 Å². The normalized spacial score (nSPS) is 11.5. The number of benzene rings is 2. The first-order valence-electron chi connectivity index (χ1n) is 11.5. The van der Waals surface area contributed by atoms with Crippen molar-refractivity contribution in [3.05, 3.63) is 76.7 Å². The van der Waals surface area contributed by atoms with E-state index in [9.17, 15) is 13.2 Å². The summed E-state index contributed by atoms with van der Waals surface area (Å²) >= 11 is 3.32. The molecule has 3 aromatic rings. The second-order valence-electron chi connectivity index (χ2n) is 8.12. The molecule has 0 aliphatic carbocycles. The number of amides is 1. The van der Waals surface area contributed by atoms with Gasteiger partial charge in [0.25, 0.3) is 0 Å². The molecule has 1 amide bonds. The van der Waals surface area contributed by atoms with Crippen molar-refractivity contribution in [1.82, 2.24) is 9.21 Å². The van der Waals surface area contributed by atoms with Crippen molar-refractivity contribution in [3.63, 3.8) is 0 Å². The fourth-order valence-corrected chi connectivity index (χ4v) is 5.30. The van der Waals surface area contributed by atoms with E-state index < -0.39 is 10.0 Å². The Morgan fingerprint density at radius 3 is 2.32 bits per heavy atom. The fourth-order valence-electron chi connectivity index (χ4n) is 3.67. The standard InChI is InChI=1S/C26H31BrN2O7S/c1-33-16-14-29(37(31,32)23-9-7-21(27)8-10-23)19-26(30)28(18-22-5-4-15-36-22)13-12-20-6-11-24(34-2)25(17-20)35-3/h4-11,15,17H,12-14,16,18-19H2,1-3H3. The molecule has 1 aromatic heterocycles. The third-order valence-corrected chi connectivity index (χ3v) is 8.09. The predicted octanol–water partition coefficient (Wildman–Crippen LogP) is 3.97. The topological polar surface area (TPSA) is 98.5 Å². The second-order valence-corrected chi connectivity index (χ2v) is 11.0. The van der Waals surface area contributed by atoms with Crippen molar-refractivity contribution < 1.29 is 31.8 Å². The third-order valence-electron chi connectivity index (χ3n) is 5.71. The lowest BCUT2D eigenvalue weighted by Gasteiger charge is -2.27. The van der Waals surface area contributed by atoms with Gasteiger partial charge in [-0.25, -0.2) is 8.42 Å². The van der Waals surface area contributed by atoms with E-state index in [1.165, 1.54) is 25.5 Å². The third kappa shape index (κ3) is 7.81. The van der Waals surface area contributed by atoms with Crippen LogP contribution in [-0.4, -0.2) is 71.1 Å². The molecule has 1 heterocycles. The van der Waals surface area contributed by atoms with Crippen LogP contribution in [0, 0.1) is 0 Å². The largest absolute Gasteiger partial charge is 0.493 e. The maximum absolute atomic E-state index is 13.5. The van der Waals surface area contributed by atoms with Crippen LogP contribution in [0.5, 0.6) is 11.5 Å². The van der Waals surface area contributed by atoms with Crippen LogP contribution in [-0.2, 0) is 32.5 Å². The first-order chi connectivity index (χ1) is 17.8. The van der Waals surface area contributed by atoms with Crippen molar-refractivity contribution in [2.45, 2.75) is 17.9 Å². The summed E-state index contributed by atoms with van der Waals surface area (Å²) in [6.07, 6.45) is 2.06. The molecule has 11 heteroatoms. The molecule has 200 valence electrons. The highest BCUT2D eigenvalue weighted by molar-refractivity contribution is 9.10. The van der Waals surface area contributed by atoms with Gasteiger partial charge in [0, 0.05) is 24.7 Å². The summed E-state index contributed by atoms with van der Waals surface area (Å²) in [4.78, 5) is 15.2. The molecular formula is C26H31BrN2O7S. The molecule has 0 saturated carbocycles. The van der Waals surface area contributed by atoms with Gasteiger partial charge in [0.15, 0.2) is 11.5 Å². The van der Waals surface area contributed by atoms with E-state index in [2.05, 4.69) is 15.9 Å². The van der Waals surface area contributed by atoms with Gasteiger partial charge in [-0.3, -0.25) is 4.79 Å². The minimum atomic E-state index is -3.93. The van der Waals surface area contributed by atoms with Crippen molar-refractivity contribution in [1.29, 1.82) is 0 Å². The Bertz CT molecular complexity index is 1250. The SMILES string of the molecule is COCCN(CC(=O)N(CCc1ccc(OC)c(OC)c1)Cc1ccco1)S(=O)(=O)c1ccc(Br)cc1. The number of hydrogen-bond donors (Lipinski definition) is 0. The van der Waals surface area contributed by atoms with E-state index >= 15 is 0 Å². The van der Waals surface area contributed by atoms with Crippen LogP contribution in [0.15, 0.2) is 74.6 Å². The van der Waals surface area contributed by atoms with Crippen LogP contribution in [0.3, 0.4) is 0 Å². The molecule has 0 saturated heterocycles. The minimum absolute atomic E-state index is 0.0326. The summed E-state index contributed by atoms with van der Waals surface area (Å²) in [5.41, 5.74) is 0.939. The van der Waals surface area contributed by atoms with Gasteiger partial charge in [0.05, 0.1) is 45.1 Å². The van der Waals surface area contributed by atoms with Gasteiger partial charge in [-0.2, -0.15) is 4.31 Å². The molecule has 3 rings (SSSR count). The number of furan rings is 1. The van der Waals surface area contributed by atoms with Crippen LogP contribution in [0.1, 0.15) is 11.3 Å². The Labute approximate surface area is 226 Å². The van der Waals surface area contributed by atoms with Crippen molar-refractivity contribution in [2.75, 3.05) is 47.6 Å². The molecular weight excluding hydrogens is 564 g/mol. The second kappa shape index (κ2) is 13.6. The van der Waals surface area contributed by atoms with Gasteiger partial charge in [0.1, 0.15) is 5.76 Å². The molecule has 0 aliphatic heterocycles. The monoisotopic (exact) mass is 594 g/mol. The highest BCUT2D eigenvalue weighted by Gasteiger charge is 2.28. The molecule has 9 nitrogen and oxygen atoms in total. The number of hydrogen-bond acceptors (Lipinski definition) is 7. The van der Waals surface area contributed by atoms with Crippen LogP contribution in [0.2, 0.25) is 0 Å². The molecule has 37 heavy (non-hydrogen) atoms. The van der Waals surface area contributed by atoms with Gasteiger partial charge in [0.2, 0.25) is 15.9 Å². The summed E-state index contributed by atoms with van der Waals surface area (Å²) in [6.45, 7) is 0.382. The van der Waals surface area contributed by atoms with E-state index in [1.807, 2.05) is 18.2 Å². The Morgan fingerprint density at radius 1 is 0.973 bits per heavy atom. The molecule has 0 aliphatic rings. The molecule has 0 fully saturated rings. The average molecular weight is 596 g/mol. The van der Waals surface area contributed by atoms with E-state index in [0.717, 1.165) is 14.3 Å². The number of nitrogens with zero attached hydrogens (tertiary/aromatic N) is 2. The van der Waals surface area contributed by atoms with Crippen molar-refractivity contribution in [2.24, 2.45) is 0 Å². The number of carbonyl (C=O) groups is 1. The van der Waals surface area contributed by atoms with Crippen LogP contribution >= 0.6 is 15.9 Å². The average Bonchev–Trinajstić information content (AvgIpc) is 3.42.